The average Bonchev–Trinajstić information content (AvgIpc) is 2.35. The molecule has 0 radical (unpaired) electrons. The highest BCUT2D eigenvalue weighted by atomic mass is 19.1. The van der Waals surface area contributed by atoms with Gasteiger partial charge in [0.25, 0.3) is 0 Å². The molecule has 0 saturated heterocycles. The van der Waals surface area contributed by atoms with Gasteiger partial charge in [0.15, 0.2) is 11.6 Å². The molecule has 0 saturated carbocycles. The monoisotopic (exact) mass is 266 g/mol. The molecule has 0 amide bonds. The zero-order chi connectivity index (χ0) is 14.0. The van der Waals surface area contributed by atoms with Crippen LogP contribution in [0.4, 0.5) is 13.2 Å². The van der Waals surface area contributed by atoms with Crippen LogP contribution in [0, 0.1) is 22.9 Å². The SMILES string of the molecule is N=C(N)c1cc(F)ccc1Oc1cc(F)ccc1F. The van der Waals surface area contributed by atoms with Crippen LogP contribution in [0.2, 0.25) is 0 Å². The highest BCUT2D eigenvalue weighted by Crippen LogP contribution is 2.28. The molecule has 19 heavy (non-hydrogen) atoms. The first-order valence-electron chi connectivity index (χ1n) is 5.24. The minimum atomic E-state index is -0.778. The molecule has 98 valence electrons. The molecule has 0 spiro atoms. The third-order valence-corrected chi connectivity index (χ3v) is 2.34. The highest BCUT2D eigenvalue weighted by Gasteiger charge is 2.12. The Labute approximate surface area is 106 Å². The van der Waals surface area contributed by atoms with E-state index in [1.165, 1.54) is 6.07 Å². The number of nitrogens with one attached hydrogen (secondary N) is 1. The molecule has 3 nitrogen and oxygen atoms in total. The fraction of sp³-hybridized carbons (Fsp3) is 0. The van der Waals surface area contributed by atoms with Gasteiger partial charge in [-0.2, -0.15) is 0 Å². The van der Waals surface area contributed by atoms with Gasteiger partial charge in [-0.15, -0.1) is 0 Å². The molecule has 0 aliphatic heterocycles. The lowest BCUT2D eigenvalue weighted by molar-refractivity contribution is 0.434. The Kier molecular flexibility index (Phi) is 3.41. The van der Waals surface area contributed by atoms with E-state index in [0.29, 0.717) is 0 Å². The van der Waals surface area contributed by atoms with Gasteiger partial charge in [-0.05, 0) is 30.3 Å². The Morgan fingerprint density at radius 3 is 2.26 bits per heavy atom. The Morgan fingerprint density at radius 1 is 0.947 bits per heavy atom. The van der Waals surface area contributed by atoms with Crippen LogP contribution >= 0.6 is 0 Å². The molecule has 0 aromatic heterocycles. The van der Waals surface area contributed by atoms with Crippen molar-refractivity contribution < 1.29 is 17.9 Å². The quantitative estimate of drug-likeness (QED) is 0.662. The van der Waals surface area contributed by atoms with Crippen molar-refractivity contribution in [2.75, 3.05) is 0 Å². The van der Waals surface area contributed by atoms with Crippen molar-refractivity contribution in [2.45, 2.75) is 0 Å². The number of ether oxygens (including phenoxy) is 1. The minimum absolute atomic E-state index is 0.0293. The molecule has 0 fully saturated rings. The summed E-state index contributed by atoms with van der Waals surface area (Å²) in [4.78, 5) is 0. The summed E-state index contributed by atoms with van der Waals surface area (Å²) in [6, 6.07) is 5.94. The van der Waals surface area contributed by atoms with Crippen LogP contribution in [0.5, 0.6) is 11.5 Å². The van der Waals surface area contributed by atoms with Gasteiger partial charge in [-0.3, -0.25) is 5.41 Å². The number of halogens is 3. The summed E-state index contributed by atoms with van der Waals surface area (Å²) in [5, 5.41) is 7.30. The van der Waals surface area contributed by atoms with Crippen molar-refractivity contribution in [2.24, 2.45) is 5.73 Å². The highest BCUT2D eigenvalue weighted by molar-refractivity contribution is 5.97. The van der Waals surface area contributed by atoms with Gasteiger partial charge in [-0.1, -0.05) is 0 Å². The summed E-state index contributed by atoms with van der Waals surface area (Å²) in [5.41, 5.74) is 5.24. The summed E-state index contributed by atoms with van der Waals surface area (Å²) in [5.74, 6) is -2.90. The summed E-state index contributed by atoms with van der Waals surface area (Å²) in [6.45, 7) is 0. The maximum absolute atomic E-state index is 13.4. The van der Waals surface area contributed by atoms with Crippen LogP contribution in [-0.4, -0.2) is 5.84 Å². The van der Waals surface area contributed by atoms with E-state index in [1.807, 2.05) is 0 Å². The van der Waals surface area contributed by atoms with Crippen LogP contribution in [0.1, 0.15) is 5.56 Å². The summed E-state index contributed by atoms with van der Waals surface area (Å²) in [7, 11) is 0. The Hall–Kier alpha value is -2.50. The molecule has 0 bridgehead atoms. The van der Waals surface area contributed by atoms with Crippen LogP contribution in [0.3, 0.4) is 0 Å². The van der Waals surface area contributed by atoms with E-state index in [2.05, 4.69) is 0 Å². The second kappa shape index (κ2) is 5.01. The van der Waals surface area contributed by atoms with Crippen molar-refractivity contribution in [1.82, 2.24) is 0 Å². The smallest absolute Gasteiger partial charge is 0.166 e. The standard InChI is InChI=1S/C13H9F3N2O/c14-7-2-4-11(9(5-7)13(17)18)19-12-6-8(15)1-3-10(12)16/h1-6H,(H3,17,18). The Bertz CT molecular complexity index is 644. The molecular weight excluding hydrogens is 257 g/mol. The molecule has 0 aliphatic carbocycles. The predicted molar refractivity (Wildman–Crippen MR) is 63.8 cm³/mol. The van der Waals surface area contributed by atoms with Crippen LogP contribution in [-0.2, 0) is 0 Å². The lowest BCUT2D eigenvalue weighted by Crippen LogP contribution is -2.12. The van der Waals surface area contributed by atoms with E-state index in [-0.39, 0.29) is 17.1 Å². The topological polar surface area (TPSA) is 59.1 Å². The zero-order valence-electron chi connectivity index (χ0n) is 9.58. The van der Waals surface area contributed by atoms with Crippen LogP contribution in [0.15, 0.2) is 36.4 Å². The van der Waals surface area contributed by atoms with E-state index in [1.54, 1.807) is 0 Å². The molecule has 0 heterocycles. The first kappa shape index (κ1) is 12.9. The van der Waals surface area contributed by atoms with E-state index >= 15 is 0 Å². The molecule has 2 aromatic carbocycles. The molecule has 2 aromatic rings. The van der Waals surface area contributed by atoms with Crippen molar-refractivity contribution >= 4 is 5.84 Å². The van der Waals surface area contributed by atoms with E-state index in [9.17, 15) is 13.2 Å². The number of hydrogen-bond donors (Lipinski definition) is 2. The van der Waals surface area contributed by atoms with E-state index in [4.69, 9.17) is 15.9 Å². The molecule has 6 heteroatoms. The fourth-order valence-electron chi connectivity index (χ4n) is 1.48. The number of hydrogen-bond acceptors (Lipinski definition) is 2. The number of rotatable bonds is 3. The molecule has 0 aliphatic rings. The van der Waals surface area contributed by atoms with Crippen LogP contribution < -0.4 is 10.5 Å². The maximum Gasteiger partial charge on any atom is 0.166 e. The largest absolute Gasteiger partial charge is 0.453 e. The summed E-state index contributed by atoms with van der Waals surface area (Å²) in [6.07, 6.45) is 0. The lowest BCUT2D eigenvalue weighted by atomic mass is 10.2. The van der Waals surface area contributed by atoms with Crippen LogP contribution in [0.25, 0.3) is 0 Å². The van der Waals surface area contributed by atoms with Gasteiger partial charge in [0.05, 0.1) is 5.56 Å². The molecule has 0 unspecified atom stereocenters. The molecule has 0 atom stereocenters. The van der Waals surface area contributed by atoms with Gasteiger partial charge < -0.3 is 10.5 Å². The third kappa shape index (κ3) is 2.85. The third-order valence-electron chi connectivity index (χ3n) is 2.34. The fourth-order valence-corrected chi connectivity index (χ4v) is 1.48. The van der Waals surface area contributed by atoms with Gasteiger partial charge >= 0.3 is 0 Å². The second-order valence-electron chi connectivity index (χ2n) is 3.73. The Morgan fingerprint density at radius 2 is 1.58 bits per heavy atom. The molecular formula is C13H9F3N2O. The number of amidine groups is 1. The zero-order valence-corrected chi connectivity index (χ0v) is 9.58. The van der Waals surface area contributed by atoms with E-state index < -0.39 is 23.3 Å². The molecule has 2 rings (SSSR count). The van der Waals surface area contributed by atoms with Gasteiger partial charge in [0.1, 0.15) is 23.2 Å². The van der Waals surface area contributed by atoms with Crippen molar-refractivity contribution in [3.8, 4) is 11.5 Å². The number of nitrogen functional groups attached to an aromatic ring is 1. The van der Waals surface area contributed by atoms with Gasteiger partial charge in [0, 0.05) is 6.07 Å². The van der Waals surface area contributed by atoms with Gasteiger partial charge in [-0.25, -0.2) is 13.2 Å². The first-order valence-corrected chi connectivity index (χ1v) is 5.24. The lowest BCUT2D eigenvalue weighted by Gasteiger charge is -2.11. The van der Waals surface area contributed by atoms with Crippen molar-refractivity contribution in [3.05, 3.63) is 59.4 Å². The van der Waals surface area contributed by atoms with Gasteiger partial charge in [0.2, 0.25) is 0 Å². The Balaban J connectivity index is 2.43. The first-order chi connectivity index (χ1) is 8.97. The van der Waals surface area contributed by atoms with Crippen molar-refractivity contribution in [3.63, 3.8) is 0 Å². The van der Waals surface area contributed by atoms with Crippen molar-refractivity contribution in [1.29, 1.82) is 5.41 Å². The predicted octanol–water partition coefficient (Wildman–Crippen LogP) is 3.18. The summed E-state index contributed by atoms with van der Waals surface area (Å²) < 4.78 is 44.6. The minimum Gasteiger partial charge on any atom is -0.453 e. The maximum atomic E-state index is 13.4. The second-order valence-corrected chi connectivity index (χ2v) is 3.73. The van der Waals surface area contributed by atoms with E-state index in [0.717, 1.165) is 30.3 Å². The number of benzene rings is 2. The molecule has 3 N–H and O–H groups in total. The average molecular weight is 266 g/mol. The number of nitrogens with two attached hydrogens (primary N) is 1. The normalized spacial score (nSPS) is 10.3. The summed E-state index contributed by atoms with van der Waals surface area (Å²) >= 11 is 0.